The van der Waals surface area contributed by atoms with Crippen molar-refractivity contribution in [2.24, 2.45) is 0 Å². The Kier molecular flexibility index (Phi) is 6.25. The maximum absolute atomic E-state index is 10.5. The molecule has 0 fully saturated rings. The fourth-order valence-corrected chi connectivity index (χ4v) is 2.13. The van der Waals surface area contributed by atoms with Crippen molar-refractivity contribution in [1.82, 2.24) is 0 Å². The fourth-order valence-electron chi connectivity index (χ4n) is 2.13. The molecule has 0 bridgehead atoms. The van der Waals surface area contributed by atoms with Crippen molar-refractivity contribution in [2.75, 3.05) is 13.2 Å². The predicted octanol–water partition coefficient (Wildman–Crippen LogP) is 4.71. The van der Waals surface area contributed by atoms with E-state index in [1.165, 1.54) is 0 Å². The van der Waals surface area contributed by atoms with E-state index in [-0.39, 0.29) is 5.75 Å². The zero-order valence-electron chi connectivity index (χ0n) is 13.7. The van der Waals surface area contributed by atoms with Crippen LogP contribution in [0.1, 0.15) is 25.0 Å². The van der Waals surface area contributed by atoms with Gasteiger partial charge in [0.25, 0.3) is 0 Å². The second kappa shape index (κ2) is 8.62. The summed E-state index contributed by atoms with van der Waals surface area (Å²) in [5.74, 6) is 1.80. The summed E-state index contributed by atoms with van der Waals surface area (Å²) in [7, 11) is 0. The third-order valence-electron chi connectivity index (χ3n) is 3.08. The summed E-state index contributed by atoms with van der Waals surface area (Å²) in [5, 5.41) is 8.57. The van der Waals surface area contributed by atoms with Crippen LogP contribution in [0, 0.1) is 0 Å². The van der Waals surface area contributed by atoms with Crippen molar-refractivity contribution in [1.29, 1.82) is 0 Å². The molecule has 0 saturated heterocycles. The lowest BCUT2D eigenvalue weighted by Gasteiger charge is -2.09. The highest BCUT2D eigenvalue weighted by Crippen LogP contribution is 2.25. The summed E-state index contributed by atoms with van der Waals surface area (Å²) in [6, 6.07) is 12.5. The van der Waals surface area contributed by atoms with E-state index in [1.54, 1.807) is 24.3 Å². The van der Waals surface area contributed by atoms with E-state index < -0.39 is 6.16 Å². The molecular formula is C19H20O5. The number of hydrogen-bond acceptors (Lipinski definition) is 4. The van der Waals surface area contributed by atoms with Gasteiger partial charge in [-0.3, -0.25) is 0 Å². The summed E-state index contributed by atoms with van der Waals surface area (Å²) >= 11 is 0. The first-order valence-electron chi connectivity index (χ1n) is 7.70. The highest BCUT2D eigenvalue weighted by Gasteiger charge is 2.02. The summed E-state index contributed by atoms with van der Waals surface area (Å²) in [6.45, 7) is 5.04. The van der Waals surface area contributed by atoms with Crippen LogP contribution in [0.5, 0.6) is 17.2 Å². The SMILES string of the molecule is CCOc1cc(C=Cc2ccc(OC(=O)O)cc2)cc(OCC)c1. The van der Waals surface area contributed by atoms with Gasteiger partial charge in [0.05, 0.1) is 13.2 Å². The van der Waals surface area contributed by atoms with Gasteiger partial charge in [0.1, 0.15) is 17.2 Å². The maximum Gasteiger partial charge on any atom is 0.511 e. The molecule has 0 aliphatic rings. The normalized spacial score (nSPS) is 10.6. The number of carboxylic acid groups (broad SMARTS) is 1. The van der Waals surface area contributed by atoms with Crippen molar-refractivity contribution < 1.29 is 24.1 Å². The van der Waals surface area contributed by atoms with Gasteiger partial charge in [0.2, 0.25) is 0 Å². The van der Waals surface area contributed by atoms with Crippen molar-refractivity contribution in [3.63, 3.8) is 0 Å². The van der Waals surface area contributed by atoms with E-state index >= 15 is 0 Å². The molecule has 5 nitrogen and oxygen atoms in total. The van der Waals surface area contributed by atoms with Gasteiger partial charge in [-0.2, -0.15) is 0 Å². The Hall–Kier alpha value is -2.95. The second-order valence-electron chi connectivity index (χ2n) is 4.87. The van der Waals surface area contributed by atoms with Crippen LogP contribution in [0.4, 0.5) is 4.79 Å². The molecule has 2 aromatic carbocycles. The zero-order valence-corrected chi connectivity index (χ0v) is 13.7. The second-order valence-corrected chi connectivity index (χ2v) is 4.87. The quantitative estimate of drug-likeness (QED) is 0.453. The van der Waals surface area contributed by atoms with E-state index in [4.69, 9.17) is 14.6 Å². The van der Waals surface area contributed by atoms with Gasteiger partial charge in [-0.15, -0.1) is 0 Å². The van der Waals surface area contributed by atoms with Crippen LogP contribution in [0.15, 0.2) is 42.5 Å². The molecule has 0 aromatic heterocycles. The summed E-state index contributed by atoms with van der Waals surface area (Å²) < 4.78 is 15.7. The zero-order chi connectivity index (χ0) is 17.4. The first-order chi connectivity index (χ1) is 11.6. The molecule has 24 heavy (non-hydrogen) atoms. The van der Waals surface area contributed by atoms with Gasteiger partial charge < -0.3 is 19.3 Å². The standard InChI is InChI=1S/C19H20O5/c1-3-22-17-11-15(12-18(13-17)23-4-2)6-5-14-7-9-16(10-8-14)24-19(20)21/h5-13H,3-4H2,1-2H3,(H,20,21). The summed E-state index contributed by atoms with van der Waals surface area (Å²) in [4.78, 5) is 10.5. The van der Waals surface area contributed by atoms with Crippen LogP contribution in [0.25, 0.3) is 12.2 Å². The molecule has 0 radical (unpaired) electrons. The highest BCUT2D eigenvalue weighted by atomic mass is 16.7. The Morgan fingerprint density at radius 2 is 1.42 bits per heavy atom. The van der Waals surface area contributed by atoms with Crippen molar-refractivity contribution in [3.8, 4) is 17.2 Å². The summed E-state index contributed by atoms with van der Waals surface area (Å²) in [6.07, 6.45) is 2.54. The molecule has 0 spiro atoms. The molecule has 0 atom stereocenters. The molecule has 126 valence electrons. The van der Waals surface area contributed by atoms with Crippen molar-refractivity contribution >= 4 is 18.3 Å². The van der Waals surface area contributed by atoms with Crippen LogP contribution >= 0.6 is 0 Å². The van der Waals surface area contributed by atoms with E-state index in [2.05, 4.69) is 4.74 Å². The van der Waals surface area contributed by atoms with Crippen LogP contribution in [0.3, 0.4) is 0 Å². The number of ether oxygens (including phenoxy) is 3. The Morgan fingerprint density at radius 3 is 1.92 bits per heavy atom. The van der Waals surface area contributed by atoms with Gasteiger partial charge in [0, 0.05) is 6.07 Å². The topological polar surface area (TPSA) is 65.0 Å². The van der Waals surface area contributed by atoms with Gasteiger partial charge in [0.15, 0.2) is 0 Å². The van der Waals surface area contributed by atoms with Gasteiger partial charge in [-0.05, 0) is 49.2 Å². The van der Waals surface area contributed by atoms with Gasteiger partial charge >= 0.3 is 6.16 Å². The third kappa shape index (κ3) is 5.35. The lowest BCUT2D eigenvalue weighted by Crippen LogP contribution is -2.02. The Labute approximate surface area is 141 Å². The molecule has 0 aliphatic heterocycles. The Balaban J connectivity index is 2.16. The van der Waals surface area contributed by atoms with Crippen LogP contribution in [0.2, 0.25) is 0 Å². The average molecular weight is 328 g/mol. The smallest absolute Gasteiger partial charge is 0.494 e. The first-order valence-corrected chi connectivity index (χ1v) is 7.70. The Bertz CT molecular complexity index is 680. The molecule has 0 saturated carbocycles. The minimum absolute atomic E-state index is 0.289. The molecule has 0 amide bonds. The molecule has 2 aromatic rings. The van der Waals surface area contributed by atoms with E-state index in [0.29, 0.717) is 13.2 Å². The van der Waals surface area contributed by atoms with Crippen LogP contribution < -0.4 is 14.2 Å². The van der Waals surface area contributed by atoms with Crippen molar-refractivity contribution in [2.45, 2.75) is 13.8 Å². The van der Waals surface area contributed by atoms with E-state index in [0.717, 1.165) is 22.6 Å². The average Bonchev–Trinajstić information content (AvgIpc) is 2.54. The first kappa shape index (κ1) is 17.4. The number of rotatable bonds is 7. The molecule has 0 heterocycles. The van der Waals surface area contributed by atoms with Gasteiger partial charge in [-0.25, -0.2) is 4.79 Å². The van der Waals surface area contributed by atoms with Crippen LogP contribution in [-0.4, -0.2) is 24.5 Å². The van der Waals surface area contributed by atoms with Gasteiger partial charge in [-0.1, -0.05) is 24.3 Å². The lowest BCUT2D eigenvalue weighted by molar-refractivity contribution is 0.144. The molecule has 5 heteroatoms. The minimum atomic E-state index is -1.32. The Morgan fingerprint density at radius 1 is 0.875 bits per heavy atom. The van der Waals surface area contributed by atoms with Crippen molar-refractivity contribution in [3.05, 3.63) is 53.6 Å². The van der Waals surface area contributed by atoms with E-state index in [9.17, 15) is 4.79 Å². The van der Waals surface area contributed by atoms with Crippen LogP contribution in [-0.2, 0) is 0 Å². The molecule has 0 aliphatic carbocycles. The predicted molar refractivity (Wildman–Crippen MR) is 92.8 cm³/mol. The maximum atomic E-state index is 10.5. The summed E-state index contributed by atoms with van der Waals surface area (Å²) in [5.41, 5.74) is 1.88. The molecule has 0 unspecified atom stereocenters. The largest absolute Gasteiger partial charge is 0.511 e. The molecule has 1 N–H and O–H groups in total. The number of benzene rings is 2. The highest BCUT2D eigenvalue weighted by molar-refractivity contribution is 5.71. The molecule has 2 rings (SSSR count). The number of carbonyl (C=O) groups is 1. The van der Waals surface area contributed by atoms with E-state index in [1.807, 2.05) is 44.2 Å². The monoisotopic (exact) mass is 328 g/mol. The number of hydrogen-bond donors (Lipinski definition) is 1. The lowest BCUT2D eigenvalue weighted by atomic mass is 10.1. The fraction of sp³-hybridized carbons (Fsp3) is 0.211. The minimum Gasteiger partial charge on any atom is -0.494 e. The molecular weight excluding hydrogens is 308 g/mol. The third-order valence-corrected chi connectivity index (χ3v) is 3.08.